The predicted molar refractivity (Wildman–Crippen MR) is 104 cm³/mol. The molecule has 0 radical (unpaired) electrons. The maximum Gasteiger partial charge on any atom is 0.190 e. The zero-order valence-electron chi connectivity index (χ0n) is 15.4. The van der Waals surface area contributed by atoms with E-state index in [0.29, 0.717) is 17.3 Å². The Bertz CT molecular complexity index is 772. The van der Waals surface area contributed by atoms with Crippen LogP contribution in [0, 0.1) is 18.3 Å². The first-order valence-corrected chi connectivity index (χ1v) is 9.22. The predicted octanol–water partition coefficient (Wildman–Crippen LogP) is 5.62. The molecule has 1 heterocycles. The number of halogens is 1. The van der Waals surface area contributed by atoms with E-state index in [1.165, 1.54) is 11.6 Å². The van der Waals surface area contributed by atoms with E-state index in [-0.39, 0.29) is 11.9 Å². The lowest BCUT2D eigenvalue weighted by atomic mass is 10.0. The van der Waals surface area contributed by atoms with Crippen molar-refractivity contribution in [2.45, 2.75) is 39.2 Å². The second-order valence-electron chi connectivity index (χ2n) is 7.29. The summed E-state index contributed by atoms with van der Waals surface area (Å²) in [6, 6.07) is 13.1. The van der Waals surface area contributed by atoms with Gasteiger partial charge in [0.05, 0.1) is 12.3 Å². The molecule has 0 saturated carbocycles. The molecule has 0 bridgehead atoms. The van der Waals surface area contributed by atoms with E-state index in [0.717, 1.165) is 38.1 Å². The number of anilines is 1. The topological polar surface area (TPSA) is 16.8 Å². The molecule has 3 rings (SSSR count). The number of benzene rings is 2. The molecule has 0 N–H and O–H groups in total. The normalized spacial score (nSPS) is 15.1. The Hall–Kier alpha value is -2.54. The Labute approximate surface area is 155 Å². The smallest absolute Gasteiger partial charge is 0.190 e. The van der Waals surface area contributed by atoms with Crippen LogP contribution in [0.15, 0.2) is 42.5 Å². The Kier molecular flexibility index (Phi) is 5.78. The monoisotopic (exact) mass is 352 g/mol. The van der Waals surface area contributed by atoms with Crippen molar-refractivity contribution >= 4 is 11.4 Å². The van der Waals surface area contributed by atoms with Crippen LogP contribution in [0.4, 0.5) is 15.8 Å². The highest BCUT2D eigenvalue weighted by Crippen LogP contribution is 2.28. The molecule has 0 aliphatic carbocycles. The summed E-state index contributed by atoms with van der Waals surface area (Å²) in [7, 11) is 0. The lowest BCUT2D eigenvalue weighted by molar-refractivity contribution is 0.170. The number of hydrogen-bond donors (Lipinski definition) is 0. The molecule has 26 heavy (non-hydrogen) atoms. The lowest BCUT2D eigenvalue weighted by Gasteiger charge is -2.34. The van der Waals surface area contributed by atoms with E-state index in [4.69, 9.17) is 11.3 Å². The second kappa shape index (κ2) is 8.23. The van der Waals surface area contributed by atoms with Gasteiger partial charge in [-0.05, 0) is 42.2 Å². The molecule has 0 atom stereocenters. The summed E-state index contributed by atoms with van der Waals surface area (Å²) >= 11 is 0. The summed E-state index contributed by atoms with van der Waals surface area (Å²) in [4.78, 5) is 5.31. The average Bonchev–Trinajstić information content (AvgIpc) is 2.63. The summed E-state index contributed by atoms with van der Waals surface area (Å²) in [5.41, 5.74) is 2.25. The highest BCUT2D eigenvalue weighted by molar-refractivity contribution is 5.57. The molecular weight excluding hydrogens is 327 g/mol. The third-order valence-electron chi connectivity index (χ3n) is 4.71. The van der Waals surface area contributed by atoms with E-state index in [2.05, 4.69) is 30.8 Å². The third kappa shape index (κ3) is 4.54. The first kappa shape index (κ1) is 18.3. The molecule has 2 aromatic carbocycles. The minimum absolute atomic E-state index is 0.160. The Morgan fingerprint density at radius 2 is 1.85 bits per heavy atom. The van der Waals surface area contributed by atoms with Crippen molar-refractivity contribution in [3.63, 3.8) is 0 Å². The van der Waals surface area contributed by atoms with Gasteiger partial charge >= 0.3 is 0 Å². The van der Waals surface area contributed by atoms with Crippen LogP contribution >= 0.6 is 0 Å². The van der Waals surface area contributed by atoms with E-state index in [1.807, 2.05) is 17.0 Å². The molecule has 136 valence electrons. The van der Waals surface area contributed by atoms with Crippen molar-refractivity contribution < 1.29 is 9.13 Å². The molecule has 1 aliphatic heterocycles. The molecule has 0 aromatic heterocycles. The lowest BCUT2D eigenvalue weighted by Crippen LogP contribution is -2.38. The van der Waals surface area contributed by atoms with Crippen molar-refractivity contribution in [1.82, 2.24) is 0 Å². The van der Waals surface area contributed by atoms with Gasteiger partial charge in [-0.2, -0.15) is 0 Å². The largest absolute Gasteiger partial charge is 0.490 e. The Morgan fingerprint density at radius 3 is 2.42 bits per heavy atom. The van der Waals surface area contributed by atoms with Gasteiger partial charge in [-0.1, -0.05) is 32.0 Å². The second-order valence-corrected chi connectivity index (χ2v) is 7.29. The van der Waals surface area contributed by atoms with Crippen LogP contribution in [0.25, 0.3) is 4.85 Å². The van der Waals surface area contributed by atoms with Crippen molar-refractivity contribution in [3.05, 3.63) is 65.3 Å². The zero-order valence-corrected chi connectivity index (χ0v) is 15.4. The first-order chi connectivity index (χ1) is 12.5. The van der Waals surface area contributed by atoms with Gasteiger partial charge in [0.2, 0.25) is 0 Å². The molecule has 2 aromatic rings. The molecule has 4 heteroatoms. The standard InChI is InChI=1S/C22H25FN2O/c1-16(2)14-17-4-7-19(8-5-17)26-20-10-12-25(13-11-20)22-9-6-18(24-3)15-21(22)23/h4-9,15-16,20H,10-14H2,1-2H3. The summed E-state index contributed by atoms with van der Waals surface area (Å²) in [5.74, 6) is 1.23. The molecule has 1 fully saturated rings. The molecule has 0 spiro atoms. The fraction of sp³-hybridized carbons (Fsp3) is 0.409. The maximum atomic E-state index is 14.2. The minimum Gasteiger partial charge on any atom is -0.490 e. The quantitative estimate of drug-likeness (QED) is 0.649. The summed E-state index contributed by atoms with van der Waals surface area (Å²) < 4.78 is 20.3. The zero-order chi connectivity index (χ0) is 18.5. The van der Waals surface area contributed by atoms with Gasteiger partial charge in [0, 0.05) is 25.9 Å². The van der Waals surface area contributed by atoms with Gasteiger partial charge < -0.3 is 9.64 Å². The van der Waals surface area contributed by atoms with Crippen molar-refractivity contribution in [1.29, 1.82) is 0 Å². The number of nitrogens with zero attached hydrogens (tertiary/aromatic N) is 2. The van der Waals surface area contributed by atoms with E-state index >= 15 is 0 Å². The van der Waals surface area contributed by atoms with Gasteiger partial charge in [-0.3, -0.25) is 0 Å². The first-order valence-electron chi connectivity index (χ1n) is 9.22. The summed E-state index contributed by atoms with van der Waals surface area (Å²) in [6.07, 6.45) is 2.96. The number of piperidine rings is 1. The van der Waals surface area contributed by atoms with Crippen LogP contribution < -0.4 is 9.64 Å². The van der Waals surface area contributed by atoms with Gasteiger partial charge in [0.15, 0.2) is 5.69 Å². The average molecular weight is 352 g/mol. The molecule has 3 nitrogen and oxygen atoms in total. The fourth-order valence-corrected chi connectivity index (χ4v) is 3.40. The number of rotatable bonds is 5. The Balaban J connectivity index is 1.55. The molecule has 1 saturated heterocycles. The van der Waals surface area contributed by atoms with Crippen LogP contribution in [0.5, 0.6) is 5.75 Å². The van der Waals surface area contributed by atoms with Crippen LogP contribution in [0.2, 0.25) is 0 Å². The highest BCUT2D eigenvalue weighted by atomic mass is 19.1. The van der Waals surface area contributed by atoms with Crippen LogP contribution in [-0.2, 0) is 6.42 Å². The van der Waals surface area contributed by atoms with E-state index in [1.54, 1.807) is 12.1 Å². The Morgan fingerprint density at radius 1 is 1.15 bits per heavy atom. The van der Waals surface area contributed by atoms with Crippen LogP contribution in [-0.4, -0.2) is 19.2 Å². The molecule has 0 amide bonds. The van der Waals surface area contributed by atoms with Crippen LogP contribution in [0.1, 0.15) is 32.3 Å². The number of ether oxygens (including phenoxy) is 1. The van der Waals surface area contributed by atoms with E-state index in [9.17, 15) is 4.39 Å². The minimum atomic E-state index is -0.321. The van der Waals surface area contributed by atoms with Crippen LogP contribution in [0.3, 0.4) is 0 Å². The van der Waals surface area contributed by atoms with Gasteiger partial charge in [-0.25, -0.2) is 9.24 Å². The number of hydrogen-bond acceptors (Lipinski definition) is 2. The summed E-state index contributed by atoms with van der Waals surface area (Å²) in [6.45, 7) is 12.9. The SMILES string of the molecule is [C-]#[N+]c1ccc(N2CCC(Oc3ccc(CC(C)C)cc3)CC2)c(F)c1. The maximum absolute atomic E-state index is 14.2. The van der Waals surface area contributed by atoms with Gasteiger partial charge in [0.25, 0.3) is 0 Å². The third-order valence-corrected chi connectivity index (χ3v) is 4.71. The van der Waals surface area contributed by atoms with Gasteiger partial charge in [-0.15, -0.1) is 0 Å². The van der Waals surface area contributed by atoms with Crippen molar-refractivity contribution in [2.75, 3.05) is 18.0 Å². The molecule has 0 unspecified atom stereocenters. The van der Waals surface area contributed by atoms with Crippen molar-refractivity contribution in [3.8, 4) is 5.75 Å². The highest BCUT2D eigenvalue weighted by Gasteiger charge is 2.22. The van der Waals surface area contributed by atoms with E-state index < -0.39 is 0 Å². The van der Waals surface area contributed by atoms with Crippen molar-refractivity contribution in [2.24, 2.45) is 5.92 Å². The molecule has 1 aliphatic rings. The van der Waals surface area contributed by atoms with Gasteiger partial charge in [0.1, 0.15) is 17.7 Å². The molecular formula is C22H25FN2O. The summed E-state index contributed by atoms with van der Waals surface area (Å²) in [5, 5.41) is 0. The fourth-order valence-electron chi connectivity index (χ4n) is 3.40.